The van der Waals surface area contributed by atoms with Crippen LogP contribution in [0.2, 0.25) is 0 Å². The topological polar surface area (TPSA) is 61.2 Å². The maximum absolute atomic E-state index is 12.7. The number of imidazole rings is 1. The first kappa shape index (κ1) is 20.1. The van der Waals surface area contributed by atoms with Gasteiger partial charge in [-0.3, -0.25) is 4.79 Å². The number of Topliss-reactive ketones (excluding diaryl/α,β-unsaturated/α-hetero) is 1. The Labute approximate surface area is 169 Å². The van der Waals surface area contributed by atoms with Crippen LogP contribution in [0.3, 0.4) is 0 Å². The lowest BCUT2D eigenvalue weighted by atomic mass is 10.0. The van der Waals surface area contributed by atoms with Gasteiger partial charge in [0.15, 0.2) is 10.9 Å². The largest absolute Gasteiger partial charge is 0.462 e. The van der Waals surface area contributed by atoms with Crippen LogP contribution in [0.5, 0.6) is 0 Å². The van der Waals surface area contributed by atoms with Crippen LogP contribution >= 0.6 is 11.8 Å². The highest BCUT2D eigenvalue weighted by Gasteiger charge is 2.16. The van der Waals surface area contributed by atoms with Crippen LogP contribution in [0.25, 0.3) is 11.0 Å². The van der Waals surface area contributed by atoms with Crippen LogP contribution in [-0.4, -0.2) is 33.7 Å². The molecule has 3 aromatic rings. The molecular formula is C22H24N2O3S. The Morgan fingerprint density at radius 3 is 2.57 bits per heavy atom. The summed E-state index contributed by atoms with van der Waals surface area (Å²) in [4.78, 5) is 29.3. The van der Waals surface area contributed by atoms with Crippen molar-refractivity contribution in [3.05, 3.63) is 58.7 Å². The van der Waals surface area contributed by atoms with Crippen molar-refractivity contribution in [2.75, 3.05) is 12.4 Å². The Bertz CT molecular complexity index is 1040. The number of esters is 1. The minimum absolute atomic E-state index is 0.0874. The van der Waals surface area contributed by atoms with Gasteiger partial charge in [0, 0.05) is 12.1 Å². The molecule has 5 nitrogen and oxygen atoms in total. The van der Waals surface area contributed by atoms with Crippen molar-refractivity contribution >= 4 is 34.5 Å². The summed E-state index contributed by atoms with van der Waals surface area (Å²) in [7, 11) is 0. The van der Waals surface area contributed by atoms with Gasteiger partial charge in [-0.1, -0.05) is 35.5 Å². The van der Waals surface area contributed by atoms with Gasteiger partial charge in [0.05, 0.1) is 29.0 Å². The molecule has 0 amide bonds. The van der Waals surface area contributed by atoms with Crippen molar-refractivity contribution in [1.29, 1.82) is 0 Å². The number of ketones is 1. The molecule has 0 aliphatic heterocycles. The molecule has 28 heavy (non-hydrogen) atoms. The lowest BCUT2D eigenvalue weighted by Gasteiger charge is -2.07. The Kier molecular flexibility index (Phi) is 6.19. The average Bonchev–Trinajstić information content (AvgIpc) is 3.02. The number of fused-ring (bicyclic) bond motifs is 1. The second-order valence-electron chi connectivity index (χ2n) is 6.59. The Balaban J connectivity index is 1.84. The molecule has 0 atom stereocenters. The van der Waals surface area contributed by atoms with E-state index in [0.717, 1.165) is 39.4 Å². The Hall–Kier alpha value is -2.60. The molecule has 0 saturated carbocycles. The van der Waals surface area contributed by atoms with Crippen molar-refractivity contribution in [3.63, 3.8) is 0 Å². The molecular weight excluding hydrogens is 372 g/mol. The van der Waals surface area contributed by atoms with Crippen molar-refractivity contribution in [2.45, 2.75) is 39.4 Å². The molecule has 1 heterocycles. The minimum atomic E-state index is -0.352. The highest BCUT2D eigenvalue weighted by Crippen LogP contribution is 2.26. The van der Waals surface area contributed by atoms with Crippen LogP contribution < -0.4 is 0 Å². The predicted octanol–water partition coefficient (Wildman–Crippen LogP) is 4.82. The van der Waals surface area contributed by atoms with E-state index in [2.05, 4.69) is 9.55 Å². The van der Waals surface area contributed by atoms with Gasteiger partial charge in [0.1, 0.15) is 0 Å². The van der Waals surface area contributed by atoms with Crippen LogP contribution in [0.1, 0.15) is 45.7 Å². The summed E-state index contributed by atoms with van der Waals surface area (Å²) in [6, 6.07) is 11.3. The zero-order chi connectivity index (χ0) is 20.3. The molecule has 0 N–H and O–H groups in total. The molecule has 1 aromatic heterocycles. The molecule has 2 aromatic carbocycles. The first-order valence-corrected chi connectivity index (χ1v) is 10.3. The zero-order valence-electron chi connectivity index (χ0n) is 16.6. The van der Waals surface area contributed by atoms with Gasteiger partial charge < -0.3 is 9.30 Å². The van der Waals surface area contributed by atoms with Gasteiger partial charge in [-0.05, 0) is 51.5 Å². The molecule has 0 saturated heterocycles. The molecule has 0 unspecified atom stereocenters. The van der Waals surface area contributed by atoms with E-state index in [0.29, 0.717) is 17.9 Å². The zero-order valence-corrected chi connectivity index (χ0v) is 17.4. The van der Waals surface area contributed by atoms with Gasteiger partial charge in [-0.2, -0.15) is 0 Å². The molecule has 0 radical (unpaired) electrons. The third-order valence-corrected chi connectivity index (χ3v) is 5.53. The highest BCUT2D eigenvalue weighted by atomic mass is 32.2. The molecule has 146 valence electrons. The summed E-state index contributed by atoms with van der Waals surface area (Å²) in [6.45, 7) is 8.87. The number of carbonyl (C=O) groups excluding carboxylic acids is 2. The molecule has 0 aliphatic carbocycles. The van der Waals surface area contributed by atoms with Crippen molar-refractivity contribution in [1.82, 2.24) is 9.55 Å². The van der Waals surface area contributed by atoms with E-state index in [-0.39, 0.29) is 11.8 Å². The number of aryl methyl sites for hydroxylation is 3. The number of nitrogens with zero attached hydrogens (tertiary/aromatic N) is 2. The summed E-state index contributed by atoms with van der Waals surface area (Å²) in [5, 5.41) is 0.775. The number of aromatic nitrogens is 2. The Morgan fingerprint density at radius 1 is 1.11 bits per heavy atom. The number of rotatable bonds is 7. The van der Waals surface area contributed by atoms with E-state index >= 15 is 0 Å². The highest BCUT2D eigenvalue weighted by molar-refractivity contribution is 7.99. The molecule has 0 fully saturated rings. The third-order valence-electron chi connectivity index (χ3n) is 4.56. The van der Waals surface area contributed by atoms with E-state index < -0.39 is 0 Å². The standard InChI is InChI=1S/C22H24N2O3S/c1-5-24-19-10-8-16(21(26)27-6-2)12-18(19)23-22(24)28-13-20(25)17-9-7-14(3)11-15(17)4/h7-12H,5-6,13H2,1-4H3. The minimum Gasteiger partial charge on any atom is -0.462 e. The van der Waals surface area contributed by atoms with E-state index in [1.165, 1.54) is 11.8 Å². The summed E-state index contributed by atoms with van der Waals surface area (Å²) in [6.07, 6.45) is 0. The maximum Gasteiger partial charge on any atom is 0.338 e. The molecule has 3 rings (SSSR count). The summed E-state index contributed by atoms with van der Waals surface area (Å²) in [5.74, 6) is 0.0527. The van der Waals surface area contributed by atoms with Gasteiger partial charge in [0.2, 0.25) is 0 Å². The van der Waals surface area contributed by atoms with E-state index in [4.69, 9.17) is 4.74 Å². The van der Waals surface area contributed by atoms with Gasteiger partial charge in [-0.15, -0.1) is 0 Å². The number of thioether (sulfide) groups is 1. The smallest absolute Gasteiger partial charge is 0.338 e. The SMILES string of the molecule is CCOC(=O)c1ccc2c(c1)nc(SCC(=O)c1ccc(C)cc1C)n2CC. The number of benzene rings is 2. The van der Waals surface area contributed by atoms with Crippen LogP contribution in [0, 0.1) is 13.8 Å². The lowest BCUT2D eigenvalue weighted by Crippen LogP contribution is -2.06. The molecule has 0 bridgehead atoms. The fourth-order valence-corrected chi connectivity index (χ4v) is 4.16. The van der Waals surface area contributed by atoms with Crippen molar-refractivity contribution < 1.29 is 14.3 Å². The number of ether oxygens (including phenoxy) is 1. The third kappa shape index (κ3) is 4.12. The summed E-state index contributed by atoms with van der Waals surface area (Å²) >= 11 is 1.42. The van der Waals surface area contributed by atoms with Gasteiger partial charge >= 0.3 is 5.97 Å². The summed E-state index contributed by atoms with van der Waals surface area (Å²) < 4.78 is 7.12. The average molecular weight is 397 g/mol. The van der Waals surface area contributed by atoms with Gasteiger partial charge in [-0.25, -0.2) is 9.78 Å². The molecule has 0 aliphatic rings. The quantitative estimate of drug-likeness (QED) is 0.325. The first-order valence-electron chi connectivity index (χ1n) is 9.35. The Morgan fingerprint density at radius 2 is 1.89 bits per heavy atom. The van der Waals surface area contributed by atoms with Crippen molar-refractivity contribution in [2.24, 2.45) is 0 Å². The number of carbonyl (C=O) groups is 2. The van der Waals surface area contributed by atoms with Crippen molar-refractivity contribution in [3.8, 4) is 0 Å². The fraction of sp³-hybridized carbons (Fsp3) is 0.318. The normalized spacial score (nSPS) is 11.0. The summed E-state index contributed by atoms with van der Waals surface area (Å²) in [5.41, 5.74) is 5.05. The van der Waals surface area contributed by atoms with Crippen LogP contribution in [0.4, 0.5) is 0 Å². The lowest BCUT2D eigenvalue weighted by molar-refractivity contribution is 0.0526. The maximum atomic E-state index is 12.7. The first-order chi connectivity index (χ1) is 13.4. The van der Waals surface area contributed by atoms with E-state index in [1.54, 1.807) is 19.1 Å². The second-order valence-corrected chi connectivity index (χ2v) is 7.54. The van der Waals surface area contributed by atoms with Crippen LogP contribution in [0.15, 0.2) is 41.6 Å². The second kappa shape index (κ2) is 8.61. The predicted molar refractivity (Wildman–Crippen MR) is 112 cm³/mol. The van der Waals surface area contributed by atoms with Crippen LogP contribution in [-0.2, 0) is 11.3 Å². The number of hydrogen-bond donors (Lipinski definition) is 0. The fourth-order valence-electron chi connectivity index (χ4n) is 3.20. The monoisotopic (exact) mass is 396 g/mol. The molecule has 0 spiro atoms. The number of hydrogen-bond acceptors (Lipinski definition) is 5. The van der Waals surface area contributed by atoms with Gasteiger partial charge in [0.25, 0.3) is 0 Å². The van der Waals surface area contributed by atoms with E-state index in [9.17, 15) is 9.59 Å². The van der Waals surface area contributed by atoms with E-state index in [1.807, 2.05) is 45.0 Å². The molecule has 6 heteroatoms.